The summed E-state index contributed by atoms with van der Waals surface area (Å²) in [7, 11) is 0. The molecule has 1 fully saturated rings. The molecule has 2 aliphatic rings. The number of rotatable bonds is 7. The van der Waals surface area contributed by atoms with Gasteiger partial charge >= 0.3 is 6.03 Å². The molecule has 1 aromatic heterocycles. The number of hydrogen-bond donors (Lipinski definition) is 1. The van der Waals surface area contributed by atoms with Crippen molar-refractivity contribution in [3.05, 3.63) is 99.2 Å². The fraction of sp³-hybridized carbons (Fsp3) is 0.267. The molecule has 2 atom stereocenters. The van der Waals surface area contributed by atoms with Crippen molar-refractivity contribution in [3.8, 4) is 5.75 Å². The van der Waals surface area contributed by atoms with Gasteiger partial charge in [-0.1, -0.05) is 72.9 Å². The maximum Gasteiger partial charge on any atom is 0.328 e. The first-order valence-corrected chi connectivity index (χ1v) is 13.6. The van der Waals surface area contributed by atoms with Crippen LogP contribution in [0.15, 0.2) is 66.7 Å². The Kier molecular flexibility index (Phi) is 6.54. The quantitative estimate of drug-likeness (QED) is 0.250. The number of hydrogen-bond acceptors (Lipinski definition) is 3. The number of nitrogens with zero attached hydrogens (tertiary/aromatic N) is 2. The van der Waals surface area contributed by atoms with Gasteiger partial charge in [0.1, 0.15) is 24.4 Å². The Bertz CT molecular complexity index is 1550. The van der Waals surface area contributed by atoms with Crippen LogP contribution in [0.5, 0.6) is 5.75 Å². The van der Waals surface area contributed by atoms with Crippen molar-refractivity contribution in [3.63, 3.8) is 0 Å². The minimum Gasteiger partial charge on any atom is -0.489 e. The predicted octanol–water partition coefficient (Wildman–Crippen LogP) is 7.13. The lowest BCUT2D eigenvalue weighted by Crippen LogP contribution is -2.44. The topological polar surface area (TPSA) is 65.6 Å². The van der Waals surface area contributed by atoms with Gasteiger partial charge in [0.05, 0.1) is 10.0 Å². The van der Waals surface area contributed by atoms with Crippen molar-refractivity contribution in [2.75, 3.05) is 6.54 Å². The third-order valence-electron chi connectivity index (χ3n) is 7.43. The number of carbonyl (C=O) groups is 2. The van der Waals surface area contributed by atoms with Crippen LogP contribution in [0.1, 0.15) is 48.2 Å². The van der Waals surface area contributed by atoms with Gasteiger partial charge < -0.3 is 9.72 Å². The Morgan fingerprint density at radius 1 is 1.00 bits per heavy atom. The van der Waals surface area contributed by atoms with Crippen LogP contribution >= 0.6 is 23.2 Å². The van der Waals surface area contributed by atoms with Gasteiger partial charge in [-0.3, -0.25) is 14.6 Å². The van der Waals surface area contributed by atoms with E-state index in [9.17, 15) is 9.59 Å². The largest absolute Gasteiger partial charge is 0.489 e. The zero-order valence-electron chi connectivity index (χ0n) is 20.9. The number of ether oxygens (including phenoxy) is 1. The standard InChI is InChI=1S/C30H27Cl2N3O3/c1-2-3-13-34-29(36)26-16-22-21-9-4-5-10-25(21)33-27(22)28(35(26)30(34)37)19-7-6-8-20(15-19)38-17-18-11-12-23(31)24(32)14-18/h4-12,14-15,26,28,33H,2-3,13,16-17H2,1H3/t26-,28+/m0/s1. The van der Waals surface area contributed by atoms with E-state index in [1.54, 1.807) is 17.0 Å². The van der Waals surface area contributed by atoms with Crippen LogP contribution < -0.4 is 4.74 Å². The summed E-state index contributed by atoms with van der Waals surface area (Å²) < 4.78 is 6.11. The highest BCUT2D eigenvalue weighted by Crippen LogP contribution is 2.44. The summed E-state index contributed by atoms with van der Waals surface area (Å²) in [5, 5.41) is 2.06. The Labute approximate surface area is 231 Å². The molecular weight excluding hydrogens is 521 g/mol. The maximum absolute atomic E-state index is 13.7. The fourth-order valence-electron chi connectivity index (χ4n) is 5.57. The van der Waals surface area contributed by atoms with Crippen molar-refractivity contribution in [1.29, 1.82) is 0 Å². The van der Waals surface area contributed by atoms with E-state index in [1.165, 1.54) is 4.90 Å². The highest BCUT2D eigenvalue weighted by Gasteiger charge is 2.52. The maximum atomic E-state index is 13.7. The smallest absolute Gasteiger partial charge is 0.328 e. The second-order valence-electron chi connectivity index (χ2n) is 9.83. The lowest BCUT2D eigenvalue weighted by Gasteiger charge is -2.36. The van der Waals surface area contributed by atoms with E-state index in [0.717, 1.165) is 46.1 Å². The molecule has 6 nitrogen and oxygen atoms in total. The molecule has 3 aromatic carbocycles. The van der Waals surface area contributed by atoms with Gasteiger partial charge in [-0.05, 0) is 53.4 Å². The number of aromatic nitrogens is 1. The molecule has 0 radical (unpaired) electrons. The zero-order chi connectivity index (χ0) is 26.4. The van der Waals surface area contributed by atoms with Crippen molar-refractivity contribution in [2.24, 2.45) is 0 Å². The molecule has 0 aliphatic carbocycles. The van der Waals surface area contributed by atoms with Crippen LogP contribution in [0.3, 0.4) is 0 Å². The Hall–Kier alpha value is -3.48. The Morgan fingerprint density at radius 3 is 2.66 bits per heavy atom. The van der Waals surface area contributed by atoms with E-state index in [4.69, 9.17) is 27.9 Å². The average molecular weight is 548 g/mol. The average Bonchev–Trinajstić information content (AvgIpc) is 3.41. The lowest BCUT2D eigenvalue weighted by molar-refractivity contribution is -0.128. The van der Waals surface area contributed by atoms with Crippen LogP contribution in [0.2, 0.25) is 10.0 Å². The van der Waals surface area contributed by atoms with Gasteiger partial charge in [0, 0.05) is 29.6 Å². The van der Waals surface area contributed by atoms with E-state index in [2.05, 4.69) is 18.0 Å². The van der Waals surface area contributed by atoms with Gasteiger partial charge in [-0.25, -0.2) is 4.79 Å². The van der Waals surface area contributed by atoms with Crippen molar-refractivity contribution >= 4 is 46.0 Å². The molecule has 2 aliphatic heterocycles. The van der Waals surface area contributed by atoms with Gasteiger partial charge in [-0.2, -0.15) is 0 Å². The molecule has 194 valence electrons. The SMILES string of the molecule is CCCCN1C(=O)[C@@H]2Cc3c([nH]c4ccccc34)[C@@H](c3cccc(OCc4ccc(Cl)c(Cl)c4)c3)N2C1=O. The first kappa shape index (κ1) is 24.8. The molecule has 6 rings (SSSR count). The number of para-hydroxylation sites is 1. The van der Waals surface area contributed by atoms with Crippen molar-refractivity contribution in [2.45, 2.75) is 44.9 Å². The molecule has 0 bridgehead atoms. The van der Waals surface area contributed by atoms with Crippen LogP contribution in [0.4, 0.5) is 4.79 Å². The van der Waals surface area contributed by atoms with Gasteiger partial charge in [0.15, 0.2) is 0 Å². The number of aromatic amines is 1. The summed E-state index contributed by atoms with van der Waals surface area (Å²) in [4.78, 5) is 33.9. The first-order valence-electron chi connectivity index (χ1n) is 12.9. The highest BCUT2D eigenvalue weighted by atomic mass is 35.5. The van der Waals surface area contributed by atoms with Crippen LogP contribution in [0, 0.1) is 0 Å². The van der Waals surface area contributed by atoms with E-state index >= 15 is 0 Å². The monoisotopic (exact) mass is 547 g/mol. The summed E-state index contributed by atoms with van der Waals surface area (Å²) in [6.45, 7) is 2.81. The minimum absolute atomic E-state index is 0.114. The molecule has 3 amide bonds. The molecular formula is C30H27Cl2N3O3. The second kappa shape index (κ2) is 10.0. The van der Waals surface area contributed by atoms with E-state index in [1.807, 2.05) is 48.5 Å². The van der Waals surface area contributed by atoms with Gasteiger partial charge in [0.25, 0.3) is 5.91 Å². The van der Waals surface area contributed by atoms with E-state index in [-0.39, 0.29) is 11.9 Å². The second-order valence-corrected chi connectivity index (χ2v) is 10.6. The van der Waals surface area contributed by atoms with E-state index in [0.29, 0.717) is 35.4 Å². The predicted molar refractivity (Wildman–Crippen MR) is 149 cm³/mol. The highest BCUT2D eigenvalue weighted by molar-refractivity contribution is 6.42. The number of urea groups is 1. The third kappa shape index (κ3) is 4.22. The molecule has 8 heteroatoms. The number of amides is 3. The number of nitrogens with one attached hydrogen (secondary N) is 1. The summed E-state index contributed by atoms with van der Waals surface area (Å²) in [5.41, 5.74) is 4.81. The molecule has 0 unspecified atom stereocenters. The summed E-state index contributed by atoms with van der Waals surface area (Å²) in [5.74, 6) is 0.547. The van der Waals surface area contributed by atoms with Crippen LogP contribution in [-0.2, 0) is 17.8 Å². The number of imide groups is 1. The Balaban J connectivity index is 1.39. The first-order chi connectivity index (χ1) is 18.5. The van der Waals surface area contributed by atoms with Crippen molar-refractivity contribution in [1.82, 2.24) is 14.8 Å². The molecule has 1 saturated heterocycles. The molecule has 38 heavy (non-hydrogen) atoms. The minimum atomic E-state index is -0.531. The molecule has 4 aromatic rings. The number of benzene rings is 3. The van der Waals surface area contributed by atoms with Crippen LogP contribution in [-0.4, -0.2) is 39.3 Å². The number of carbonyl (C=O) groups excluding carboxylic acids is 2. The summed E-state index contributed by atoms with van der Waals surface area (Å²) in [6, 6.07) is 20.1. The van der Waals surface area contributed by atoms with Crippen LogP contribution in [0.25, 0.3) is 10.9 Å². The number of unbranched alkanes of at least 4 members (excludes halogenated alkanes) is 1. The summed E-state index contributed by atoms with van der Waals surface area (Å²) in [6.07, 6.45) is 2.19. The molecule has 0 saturated carbocycles. The molecule has 3 heterocycles. The molecule has 0 spiro atoms. The lowest BCUT2D eigenvalue weighted by atomic mass is 9.89. The zero-order valence-corrected chi connectivity index (χ0v) is 22.4. The molecule has 1 N–H and O–H groups in total. The van der Waals surface area contributed by atoms with Gasteiger partial charge in [0.2, 0.25) is 0 Å². The number of fused-ring (bicyclic) bond motifs is 4. The van der Waals surface area contributed by atoms with Gasteiger partial charge in [-0.15, -0.1) is 0 Å². The van der Waals surface area contributed by atoms with Crippen molar-refractivity contribution < 1.29 is 14.3 Å². The van der Waals surface area contributed by atoms with E-state index < -0.39 is 12.1 Å². The summed E-state index contributed by atoms with van der Waals surface area (Å²) >= 11 is 12.2. The Morgan fingerprint density at radius 2 is 1.84 bits per heavy atom. The number of H-pyrrole nitrogens is 1. The third-order valence-corrected chi connectivity index (χ3v) is 8.17. The normalized spacial score (nSPS) is 18.7. The number of halogens is 2. The fourth-order valence-corrected chi connectivity index (χ4v) is 5.89.